The number of piperidine rings is 1. The van der Waals surface area contributed by atoms with E-state index in [2.05, 4.69) is 5.32 Å². The lowest BCUT2D eigenvalue weighted by molar-refractivity contribution is -0.138. The molecule has 5 heteroatoms. The molecular formula is C16H22Cl2N2O. The maximum Gasteiger partial charge on any atom is 0.225 e. The molecule has 3 nitrogen and oxygen atoms in total. The molecule has 0 aliphatic carbocycles. The first-order valence-corrected chi connectivity index (χ1v) is 8.19. The summed E-state index contributed by atoms with van der Waals surface area (Å²) in [6, 6.07) is 5.75. The zero-order chi connectivity index (χ0) is 15.4. The van der Waals surface area contributed by atoms with Crippen LogP contribution >= 0.6 is 23.2 Å². The zero-order valence-corrected chi connectivity index (χ0v) is 14.0. The van der Waals surface area contributed by atoms with Crippen LogP contribution < -0.4 is 5.32 Å². The van der Waals surface area contributed by atoms with Gasteiger partial charge in [-0.3, -0.25) is 4.79 Å². The fourth-order valence-corrected chi connectivity index (χ4v) is 3.14. The highest BCUT2D eigenvalue weighted by Gasteiger charge is 2.27. The summed E-state index contributed by atoms with van der Waals surface area (Å²) in [5.41, 5.74) is 0.952. The molecule has 0 spiro atoms. The highest BCUT2D eigenvalue weighted by Crippen LogP contribution is 2.25. The molecule has 116 valence electrons. The monoisotopic (exact) mass is 328 g/mol. The molecule has 1 amide bonds. The lowest BCUT2D eigenvalue weighted by Gasteiger charge is -2.36. The predicted octanol–water partition coefficient (Wildman–Crippen LogP) is 3.73. The molecule has 0 saturated carbocycles. The van der Waals surface area contributed by atoms with E-state index in [1.165, 1.54) is 0 Å². The Hall–Kier alpha value is -0.770. The van der Waals surface area contributed by atoms with Gasteiger partial charge in [-0.05, 0) is 43.6 Å². The Morgan fingerprint density at radius 1 is 1.33 bits per heavy atom. The van der Waals surface area contributed by atoms with Gasteiger partial charge in [-0.15, -0.1) is 0 Å². The Labute approximate surface area is 136 Å². The maximum absolute atomic E-state index is 12.6. The van der Waals surface area contributed by atoms with Crippen molar-refractivity contribution in [3.05, 3.63) is 33.8 Å². The smallest absolute Gasteiger partial charge is 0.225 e. The number of carbonyl (C=O) groups is 1. The van der Waals surface area contributed by atoms with Gasteiger partial charge in [-0.1, -0.05) is 43.1 Å². The molecule has 1 aromatic rings. The van der Waals surface area contributed by atoms with E-state index in [4.69, 9.17) is 23.2 Å². The summed E-state index contributed by atoms with van der Waals surface area (Å²) in [5.74, 6) is 0.180. The summed E-state index contributed by atoms with van der Waals surface area (Å²) in [6.07, 6.45) is 1.98. The Morgan fingerprint density at radius 2 is 2.00 bits per heavy atom. The van der Waals surface area contributed by atoms with Gasteiger partial charge in [-0.2, -0.15) is 0 Å². The number of hydrogen-bond acceptors (Lipinski definition) is 2. The van der Waals surface area contributed by atoms with Crippen LogP contribution in [0.4, 0.5) is 0 Å². The zero-order valence-electron chi connectivity index (χ0n) is 12.5. The third-order valence-electron chi connectivity index (χ3n) is 3.88. The van der Waals surface area contributed by atoms with Crippen molar-refractivity contribution >= 4 is 29.1 Å². The molecule has 1 fully saturated rings. The lowest BCUT2D eigenvalue weighted by atomic mass is 10.0. The fraction of sp³-hybridized carbons (Fsp3) is 0.562. The van der Waals surface area contributed by atoms with E-state index >= 15 is 0 Å². The number of carbonyl (C=O) groups excluding carboxylic acids is 1. The second-order valence-corrected chi connectivity index (χ2v) is 6.68. The predicted molar refractivity (Wildman–Crippen MR) is 87.7 cm³/mol. The average molecular weight is 329 g/mol. The molecule has 2 rings (SSSR count). The lowest BCUT2D eigenvalue weighted by Crippen LogP contribution is -2.47. The van der Waals surface area contributed by atoms with Crippen LogP contribution in [0.2, 0.25) is 10.0 Å². The van der Waals surface area contributed by atoms with Crippen LogP contribution in [-0.2, 0) is 11.3 Å². The van der Waals surface area contributed by atoms with E-state index in [-0.39, 0.29) is 17.9 Å². The molecule has 1 aliphatic rings. The van der Waals surface area contributed by atoms with Crippen LogP contribution in [0.1, 0.15) is 32.3 Å². The van der Waals surface area contributed by atoms with E-state index in [9.17, 15) is 4.79 Å². The Bertz CT molecular complexity index is 499. The summed E-state index contributed by atoms with van der Waals surface area (Å²) in [7, 11) is 0. The molecule has 0 aromatic heterocycles. The molecule has 1 aromatic carbocycles. The van der Waals surface area contributed by atoms with Gasteiger partial charge >= 0.3 is 0 Å². The summed E-state index contributed by atoms with van der Waals surface area (Å²) in [6.45, 7) is 6.36. The minimum Gasteiger partial charge on any atom is -0.335 e. The molecule has 1 N–H and O–H groups in total. The van der Waals surface area contributed by atoms with Crippen LogP contribution in [-0.4, -0.2) is 29.9 Å². The van der Waals surface area contributed by atoms with Gasteiger partial charge in [-0.25, -0.2) is 0 Å². The van der Waals surface area contributed by atoms with E-state index in [1.807, 2.05) is 30.9 Å². The summed E-state index contributed by atoms with van der Waals surface area (Å²) in [4.78, 5) is 14.5. The topological polar surface area (TPSA) is 32.3 Å². The van der Waals surface area contributed by atoms with Crippen molar-refractivity contribution in [2.45, 2.75) is 39.3 Å². The Morgan fingerprint density at radius 3 is 2.57 bits per heavy atom. The normalized spacial score (nSPS) is 16.2. The van der Waals surface area contributed by atoms with Crippen molar-refractivity contribution in [2.24, 2.45) is 5.92 Å². The van der Waals surface area contributed by atoms with Crippen molar-refractivity contribution in [1.82, 2.24) is 10.2 Å². The second-order valence-electron chi connectivity index (χ2n) is 5.84. The van der Waals surface area contributed by atoms with Crippen molar-refractivity contribution < 1.29 is 4.79 Å². The molecular weight excluding hydrogens is 307 g/mol. The number of nitrogens with one attached hydrogen (secondary N) is 1. The minimum absolute atomic E-state index is 0.00837. The highest BCUT2D eigenvalue weighted by atomic mass is 35.5. The number of rotatable bonds is 4. The van der Waals surface area contributed by atoms with Gasteiger partial charge in [0.2, 0.25) is 5.91 Å². The number of amides is 1. The first-order valence-electron chi connectivity index (χ1n) is 7.44. The number of hydrogen-bond donors (Lipinski definition) is 1. The van der Waals surface area contributed by atoms with Gasteiger partial charge in [0.05, 0.1) is 0 Å². The molecule has 0 bridgehead atoms. The second kappa shape index (κ2) is 7.48. The third kappa shape index (κ3) is 4.35. The first kappa shape index (κ1) is 16.6. The molecule has 1 heterocycles. The van der Waals surface area contributed by atoms with Crippen molar-refractivity contribution in [3.63, 3.8) is 0 Å². The van der Waals surface area contributed by atoms with Gasteiger partial charge in [0.25, 0.3) is 0 Å². The molecule has 0 radical (unpaired) electrons. The molecule has 0 unspecified atom stereocenters. The van der Waals surface area contributed by atoms with Crippen molar-refractivity contribution in [2.75, 3.05) is 13.1 Å². The number of halogens is 2. The maximum atomic E-state index is 12.6. The SMILES string of the molecule is CC(C)C(=O)N(Cc1ccc(Cl)cc1Cl)C1CCNCC1. The third-order valence-corrected chi connectivity index (χ3v) is 4.47. The molecule has 0 atom stereocenters. The number of benzene rings is 1. The Kier molecular flexibility index (Phi) is 5.91. The fourth-order valence-electron chi connectivity index (χ4n) is 2.67. The highest BCUT2D eigenvalue weighted by molar-refractivity contribution is 6.35. The van der Waals surface area contributed by atoms with Gasteiger partial charge in [0.15, 0.2) is 0 Å². The average Bonchev–Trinajstić information content (AvgIpc) is 2.46. The van der Waals surface area contributed by atoms with Crippen LogP contribution in [0, 0.1) is 5.92 Å². The largest absolute Gasteiger partial charge is 0.335 e. The van der Waals surface area contributed by atoms with Crippen LogP contribution in [0.25, 0.3) is 0 Å². The summed E-state index contributed by atoms with van der Waals surface area (Å²) < 4.78 is 0. The quantitative estimate of drug-likeness (QED) is 0.913. The number of nitrogens with zero attached hydrogens (tertiary/aromatic N) is 1. The van der Waals surface area contributed by atoms with E-state index < -0.39 is 0 Å². The first-order chi connectivity index (χ1) is 9.99. The van der Waals surface area contributed by atoms with Crippen molar-refractivity contribution in [3.8, 4) is 0 Å². The molecule has 21 heavy (non-hydrogen) atoms. The van der Waals surface area contributed by atoms with E-state index in [0.717, 1.165) is 31.5 Å². The summed E-state index contributed by atoms with van der Waals surface area (Å²) >= 11 is 12.2. The minimum atomic E-state index is -0.00837. The van der Waals surface area contributed by atoms with Crippen LogP contribution in [0.3, 0.4) is 0 Å². The van der Waals surface area contributed by atoms with E-state index in [0.29, 0.717) is 16.6 Å². The van der Waals surface area contributed by atoms with Crippen LogP contribution in [0.5, 0.6) is 0 Å². The molecule has 1 aliphatic heterocycles. The Balaban J connectivity index is 2.20. The van der Waals surface area contributed by atoms with E-state index in [1.54, 1.807) is 6.07 Å². The van der Waals surface area contributed by atoms with Crippen molar-refractivity contribution in [1.29, 1.82) is 0 Å². The van der Waals surface area contributed by atoms with Crippen LogP contribution in [0.15, 0.2) is 18.2 Å². The van der Waals surface area contributed by atoms with Gasteiger partial charge in [0.1, 0.15) is 0 Å². The van der Waals surface area contributed by atoms with Gasteiger partial charge < -0.3 is 10.2 Å². The molecule has 1 saturated heterocycles. The summed E-state index contributed by atoms with van der Waals surface area (Å²) in [5, 5.41) is 4.58. The standard InChI is InChI=1S/C16H22Cl2N2O/c1-11(2)16(21)20(14-5-7-19-8-6-14)10-12-3-4-13(17)9-15(12)18/h3-4,9,11,14,19H,5-8,10H2,1-2H3. The van der Waals surface area contributed by atoms with Gasteiger partial charge in [0, 0.05) is 28.5 Å².